The van der Waals surface area contributed by atoms with Gasteiger partial charge in [-0.15, -0.1) is 0 Å². The lowest BCUT2D eigenvalue weighted by atomic mass is 10.1. The van der Waals surface area contributed by atoms with E-state index in [9.17, 15) is 4.79 Å². The molecule has 4 nitrogen and oxygen atoms in total. The number of benzene rings is 1. The zero-order chi connectivity index (χ0) is 10.4. The van der Waals surface area contributed by atoms with Crippen LogP contribution in [0.15, 0.2) is 24.3 Å². The van der Waals surface area contributed by atoms with Crippen LogP contribution >= 0.6 is 0 Å². The van der Waals surface area contributed by atoms with Gasteiger partial charge in [0.2, 0.25) is 0 Å². The summed E-state index contributed by atoms with van der Waals surface area (Å²) in [6.07, 6.45) is 1.99. The Labute approximate surface area is 83.5 Å². The zero-order valence-corrected chi connectivity index (χ0v) is 8.21. The number of hydrazine groups is 1. The molecule has 0 fully saturated rings. The summed E-state index contributed by atoms with van der Waals surface area (Å²) in [5.41, 5.74) is 3.97. The van der Waals surface area contributed by atoms with Gasteiger partial charge in [0.15, 0.2) is 0 Å². The highest BCUT2D eigenvalue weighted by Crippen LogP contribution is 2.16. The Hall–Kier alpha value is -1.55. The van der Waals surface area contributed by atoms with Gasteiger partial charge in [-0.1, -0.05) is 31.5 Å². The Morgan fingerprint density at radius 1 is 1.43 bits per heavy atom. The summed E-state index contributed by atoms with van der Waals surface area (Å²) in [6.45, 7) is 2.10. The Balaban J connectivity index is 2.78. The van der Waals surface area contributed by atoms with Crippen molar-refractivity contribution >= 4 is 11.7 Å². The molecule has 1 aromatic carbocycles. The fourth-order valence-corrected chi connectivity index (χ4v) is 1.29. The van der Waals surface area contributed by atoms with Crippen LogP contribution in [0.3, 0.4) is 0 Å². The van der Waals surface area contributed by atoms with Crippen molar-refractivity contribution in [1.29, 1.82) is 0 Å². The van der Waals surface area contributed by atoms with Gasteiger partial charge >= 0.3 is 6.03 Å². The first-order valence-electron chi connectivity index (χ1n) is 4.63. The van der Waals surface area contributed by atoms with E-state index in [0.29, 0.717) is 0 Å². The molecule has 76 valence electrons. The van der Waals surface area contributed by atoms with E-state index in [1.165, 1.54) is 0 Å². The SMILES string of the molecule is CCCc1ccccc1NC(=O)NN. The summed E-state index contributed by atoms with van der Waals surface area (Å²) in [6, 6.07) is 7.30. The highest BCUT2D eigenvalue weighted by molar-refractivity contribution is 5.89. The van der Waals surface area contributed by atoms with Crippen molar-refractivity contribution < 1.29 is 4.79 Å². The summed E-state index contributed by atoms with van der Waals surface area (Å²) in [5, 5.41) is 2.67. The lowest BCUT2D eigenvalue weighted by molar-refractivity contribution is 0.252. The van der Waals surface area contributed by atoms with E-state index in [1.807, 2.05) is 29.7 Å². The van der Waals surface area contributed by atoms with E-state index in [4.69, 9.17) is 5.84 Å². The van der Waals surface area contributed by atoms with Gasteiger partial charge in [0.1, 0.15) is 0 Å². The van der Waals surface area contributed by atoms with E-state index in [0.717, 1.165) is 24.1 Å². The quantitative estimate of drug-likeness (QED) is 0.388. The van der Waals surface area contributed by atoms with Gasteiger partial charge in [-0.3, -0.25) is 5.43 Å². The Morgan fingerprint density at radius 2 is 2.14 bits per heavy atom. The van der Waals surface area contributed by atoms with Crippen LogP contribution in [0.5, 0.6) is 0 Å². The maximum absolute atomic E-state index is 11.0. The van der Waals surface area contributed by atoms with Crippen molar-refractivity contribution in [3.8, 4) is 0 Å². The first-order valence-corrected chi connectivity index (χ1v) is 4.63. The third-order valence-corrected chi connectivity index (χ3v) is 1.92. The van der Waals surface area contributed by atoms with Crippen molar-refractivity contribution in [3.05, 3.63) is 29.8 Å². The number of para-hydroxylation sites is 1. The second kappa shape index (κ2) is 5.24. The Kier molecular flexibility index (Phi) is 3.94. The standard InChI is InChI=1S/C10H15N3O/c1-2-5-8-6-3-4-7-9(8)12-10(14)13-11/h3-4,6-7H,2,5,11H2,1H3,(H2,12,13,14). The number of carbonyl (C=O) groups is 1. The predicted octanol–water partition coefficient (Wildman–Crippen LogP) is 1.63. The van der Waals surface area contributed by atoms with Gasteiger partial charge in [-0.2, -0.15) is 0 Å². The predicted molar refractivity (Wildman–Crippen MR) is 56.8 cm³/mol. The molecule has 0 aromatic heterocycles. The van der Waals surface area contributed by atoms with Crippen LogP contribution in [0.4, 0.5) is 10.5 Å². The largest absolute Gasteiger partial charge is 0.333 e. The highest BCUT2D eigenvalue weighted by atomic mass is 16.2. The minimum absolute atomic E-state index is 0.395. The molecule has 0 aliphatic heterocycles. The molecular weight excluding hydrogens is 178 g/mol. The van der Waals surface area contributed by atoms with Crippen molar-refractivity contribution in [3.63, 3.8) is 0 Å². The maximum Gasteiger partial charge on any atom is 0.333 e. The molecule has 4 N–H and O–H groups in total. The highest BCUT2D eigenvalue weighted by Gasteiger charge is 2.03. The van der Waals surface area contributed by atoms with E-state index in [2.05, 4.69) is 12.2 Å². The maximum atomic E-state index is 11.0. The van der Waals surface area contributed by atoms with Gasteiger partial charge in [-0.25, -0.2) is 10.6 Å². The van der Waals surface area contributed by atoms with Crippen LogP contribution in [-0.4, -0.2) is 6.03 Å². The Bertz CT molecular complexity index is 312. The smallest absolute Gasteiger partial charge is 0.307 e. The second-order valence-corrected chi connectivity index (χ2v) is 3.01. The third-order valence-electron chi connectivity index (χ3n) is 1.92. The molecule has 0 spiro atoms. The summed E-state index contributed by atoms with van der Waals surface area (Å²) < 4.78 is 0. The molecule has 0 atom stereocenters. The summed E-state index contributed by atoms with van der Waals surface area (Å²) in [5.74, 6) is 4.98. The normalized spacial score (nSPS) is 9.57. The number of aryl methyl sites for hydroxylation is 1. The summed E-state index contributed by atoms with van der Waals surface area (Å²) in [7, 11) is 0. The first-order chi connectivity index (χ1) is 6.77. The number of hydrogen-bond acceptors (Lipinski definition) is 2. The molecule has 0 unspecified atom stereocenters. The van der Waals surface area contributed by atoms with Crippen molar-refractivity contribution in [1.82, 2.24) is 5.43 Å². The molecular formula is C10H15N3O. The molecule has 0 heterocycles. The van der Waals surface area contributed by atoms with Crippen LogP contribution in [0.2, 0.25) is 0 Å². The molecule has 0 aliphatic rings. The molecule has 0 bridgehead atoms. The van der Waals surface area contributed by atoms with Gasteiger partial charge in [0.25, 0.3) is 0 Å². The van der Waals surface area contributed by atoms with Crippen LogP contribution < -0.4 is 16.6 Å². The molecule has 0 saturated heterocycles. The minimum Gasteiger partial charge on any atom is -0.307 e. The molecule has 0 aliphatic carbocycles. The average molecular weight is 193 g/mol. The van der Waals surface area contributed by atoms with E-state index in [-0.39, 0.29) is 0 Å². The van der Waals surface area contributed by atoms with Crippen molar-refractivity contribution in [2.75, 3.05) is 5.32 Å². The fourth-order valence-electron chi connectivity index (χ4n) is 1.29. The lowest BCUT2D eigenvalue weighted by Crippen LogP contribution is -2.34. The van der Waals surface area contributed by atoms with Crippen molar-refractivity contribution in [2.24, 2.45) is 5.84 Å². The third kappa shape index (κ3) is 2.74. The summed E-state index contributed by atoms with van der Waals surface area (Å²) >= 11 is 0. The number of carbonyl (C=O) groups excluding carboxylic acids is 1. The molecule has 4 heteroatoms. The average Bonchev–Trinajstić information content (AvgIpc) is 2.21. The molecule has 1 rings (SSSR count). The molecule has 1 aromatic rings. The van der Waals surface area contributed by atoms with E-state index in [1.54, 1.807) is 0 Å². The minimum atomic E-state index is -0.395. The van der Waals surface area contributed by atoms with Crippen LogP contribution in [0.25, 0.3) is 0 Å². The lowest BCUT2D eigenvalue weighted by Gasteiger charge is -2.09. The second-order valence-electron chi connectivity index (χ2n) is 3.01. The molecule has 2 amide bonds. The summed E-state index contributed by atoms with van der Waals surface area (Å²) in [4.78, 5) is 11.0. The molecule has 14 heavy (non-hydrogen) atoms. The number of rotatable bonds is 3. The van der Waals surface area contributed by atoms with Crippen molar-refractivity contribution in [2.45, 2.75) is 19.8 Å². The van der Waals surface area contributed by atoms with Gasteiger partial charge in [0, 0.05) is 5.69 Å². The monoisotopic (exact) mass is 193 g/mol. The van der Waals surface area contributed by atoms with E-state index < -0.39 is 6.03 Å². The van der Waals surface area contributed by atoms with E-state index >= 15 is 0 Å². The number of anilines is 1. The zero-order valence-electron chi connectivity index (χ0n) is 8.21. The Morgan fingerprint density at radius 3 is 2.79 bits per heavy atom. The number of amides is 2. The van der Waals surface area contributed by atoms with Crippen LogP contribution in [0.1, 0.15) is 18.9 Å². The first kappa shape index (κ1) is 10.5. The van der Waals surface area contributed by atoms with Gasteiger partial charge in [0.05, 0.1) is 0 Å². The van der Waals surface area contributed by atoms with Gasteiger partial charge in [-0.05, 0) is 18.1 Å². The number of nitrogens with two attached hydrogens (primary N) is 1. The molecule has 0 saturated carbocycles. The van der Waals surface area contributed by atoms with Crippen LogP contribution in [-0.2, 0) is 6.42 Å². The topological polar surface area (TPSA) is 67.2 Å². The number of nitrogens with one attached hydrogen (secondary N) is 2. The number of hydrogen-bond donors (Lipinski definition) is 3. The number of urea groups is 1. The molecule has 0 radical (unpaired) electrons. The fraction of sp³-hybridized carbons (Fsp3) is 0.300. The van der Waals surface area contributed by atoms with Crippen LogP contribution in [0, 0.1) is 0 Å². The van der Waals surface area contributed by atoms with Gasteiger partial charge < -0.3 is 5.32 Å².